The standard InChI is InChI=1S/C21H16N2O3/c1-26-12-8-6-11(7-9-12)15-10-16(22)17-18(19(15)23)21(25)14-5-3-2-4-13(14)20(17)24/h2-10H,22-23H2,1H3. The number of anilines is 2. The summed E-state index contributed by atoms with van der Waals surface area (Å²) in [5, 5.41) is 0. The number of ketones is 2. The van der Waals surface area contributed by atoms with Gasteiger partial charge >= 0.3 is 0 Å². The first-order chi connectivity index (χ1) is 12.5. The van der Waals surface area contributed by atoms with Crippen molar-refractivity contribution in [2.75, 3.05) is 18.6 Å². The number of nitrogens with two attached hydrogens (primary N) is 2. The minimum absolute atomic E-state index is 0.180. The summed E-state index contributed by atoms with van der Waals surface area (Å²) in [7, 11) is 1.59. The summed E-state index contributed by atoms with van der Waals surface area (Å²) in [6.07, 6.45) is 0. The fourth-order valence-electron chi connectivity index (χ4n) is 3.36. The second-order valence-electron chi connectivity index (χ2n) is 6.11. The van der Waals surface area contributed by atoms with Crippen LogP contribution in [0.25, 0.3) is 11.1 Å². The molecule has 128 valence electrons. The predicted molar refractivity (Wildman–Crippen MR) is 101 cm³/mol. The number of hydrogen-bond acceptors (Lipinski definition) is 5. The van der Waals surface area contributed by atoms with E-state index < -0.39 is 0 Å². The van der Waals surface area contributed by atoms with E-state index in [0.29, 0.717) is 22.4 Å². The van der Waals surface area contributed by atoms with E-state index >= 15 is 0 Å². The highest BCUT2D eigenvalue weighted by Gasteiger charge is 2.34. The van der Waals surface area contributed by atoms with Crippen LogP contribution >= 0.6 is 0 Å². The monoisotopic (exact) mass is 344 g/mol. The number of hydrogen-bond donors (Lipinski definition) is 2. The number of methoxy groups -OCH3 is 1. The Morgan fingerprint density at radius 3 is 1.92 bits per heavy atom. The molecule has 0 amide bonds. The van der Waals surface area contributed by atoms with E-state index in [2.05, 4.69) is 0 Å². The summed E-state index contributed by atoms with van der Waals surface area (Å²) in [5.74, 6) is 0.147. The van der Waals surface area contributed by atoms with Crippen molar-refractivity contribution in [1.82, 2.24) is 0 Å². The van der Waals surface area contributed by atoms with Crippen molar-refractivity contribution in [2.45, 2.75) is 0 Å². The van der Waals surface area contributed by atoms with E-state index in [9.17, 15) is 9.59 Å². The Kier molecular flexibility index (Phi) is 3.51. The Balaban J connectivity index is 1.96. The number of benzene rings is 3. The van der Waals surface area contributed by atoms with Crippen LogP contribution < -0.4 is 16.2 Å². The average Bonchev–Trinajstić information content (AvgIpc) is 2.67. The lowest BCUT2D eigenvalue weighted by atomic mass is 9.80. The molecule has 0 saturated carbocycles. The molecule has 4 rings (SSSR count). The lowest BCUT2D eigenvalue weighted by Gasteiger charge is -2.22. The third kappa shape index (κ3) is 2.18. The van der Waals surface area contributed by atoms with Crippen LogP contribution in [0.3, 0.4) is 0 Å². The maximum absolute atomic E-state index is 13.0. The first kappa shape index (κ1) is 15.9. The highest BCUT2D eigenvalue weighted by atomic mass is 16.5. The smallest absolute Gasteiger partial charge is 0.196 e. The average molecular weight is 344 g/mol. The maximum atomic E-state index is 13.0. The molecule has 3 aromatic rings. The van der Waals surface area contributed by atoms with Gasteiger partial charge < -0.3 is 16.2 Å². The zero-order valence-electron chi connectivity index (χ0n) is 14.1. The number of nitrogen functional groups attached to an aromatic ring is 2. The van der Waals surface area contributed by atoms with E-state index in [1.54, 1.807) is 49.6 Å². The van der Waals surface area contributed by atoms with E-state index in [0.717, 1.165) is 5.56 Å². The molecule has 4 N–H and O–H groups in total. The van der Waals surface area contributed by atoms with E-state index in [4.69, 9.17) is 16.2 Å². The molecular weight excluding hydrogens is 328 g/mol. The van der Waals surface area contributed by atoms with Gasteiger partial charge in [-0.05, 0) is 23.8 Å². The number of carbonyl (C=O) groups excluding carboxylic acids is 2. The summed E-state index contributed by atoms with van der Waals surface area (Å²) >= 11 is 0. The Morgan fingerprint density at radius 2 is 1.35 bits per heavy atom. The van der Waals surface area contributed by atoms with Gasteiger partial charge in [-0.3, -0.25) is 9.59 Å². The normalized spacial score (nSPS) is 12.5. The van der Waals surface area contributed by atoms with E-state index in [1.807, 2.05) is 12.1 Å². The zero-order valence-corrected chi connectivity index (χ0v) is 14.1. The quantitative estimate of drug-likeness (QED) is 0.544. The number of fused-ring (bicyclic) bond motifs is 2. The summed E-state index contributed by atoms with van der Waals surface area (Å²) < 4.78 is 5.17. The van der Waals surface area contributed by atoms with Crippen molar-refractivity contribution >= 4 is 22.9 Å². The fourth-order valence-corrected chi connectivity index (χ4v) is 3.36. The Bertz CT molecular complexity index is 1070. The van der Waals surface area contributed by atoms with Gasteiger partial charge in [0.15, 0.2) is 11.6 Å². The van der Waals surface area contributed by atoms with Gasteiger partial charge in [0.1, 0.15) is 5.75 Å². The van der Waals surface area contributed by atoms with Crippen LogP contribution in [0, 0.1) is 0 Å². The fraction of sp³-hybridized carbons (Fsp3) is 0.0476. The van der Waals surface area contributed by atoms with Crippen molar-refractivity contribution in [2.24, 2.45) is 0 Å². The molecule has 0 spiro atoms. The summed E-state index contributed by atoms with van der Waals surface area (Å²) in [6, 6.07) is 15.6. The second kappa shape index (κ2) is 5.74. The SMILES string of the molecule is COc1ccc(-c2cc(N)c3c(c2N)C(=O)c2ccccc2C3=O)cc1. The van der Waals surface area contributed by atoms with Gasteiger partial charge in [-0.25, -0.2) is 0 Å². The molecule has 0 saturated heterocycles. The molecule has 5 heteroatoms. The minimum Gasteiger partial charge on any atom is -0.497 e. The molecule has 0 atom stereocenters. The summed E-state index contributed by atoms with van der Waals surface area (Å²) in [4.78, 5) is 25.9. The topological polar surface area (TPSA) is 95.4 Å². The van der Waals surface area contributed by atoms with Crippen LogP contribution in [0.2, 0.25) is 0 Å². The molecule has 0 unspecified atom stereocenters. The Morgan fingerprint density at radius 1 is 0.769 bits per heavy atom. The highest BCUT2D eigenvalue weighted by molar-refractivity contribution is 6.32. The molecular formula is C21H16N2O3. The zero-order chi connectivity index (χ0) is 18.4. The highest BCUT2D eigenvalue weighted by Crippen LogP contribution is 2.40. The Labute approximate surface area is 150 Å². The van der Waals surface area contributed by atoms with Crippen LogP contribution in [0.4, 0.5) is 11.4 Å². The molecule has 1 aliphatic rings. The summed E-state index contributed by atoms with van der Waals surface area (Å²) in [5.41, 5.74) is 15.5. The molecule has 0 fully saturated rings. The van der Waals surface area contributed by atoms with E-state index in [-0.39, 0.29) is 34.1 Å². The summed E-state index contributed by atoms with van der Waals surface area (Å²) in [6.45, 7) is 0. The van der Waals surface area contributed by atoms with Gasteiger partial charge in [-0.15, -0.1) is 0 Å². The van der Waals surface area contributed by atoms with Gasteiger partial charge in [0.2, 0.25) is 0 Å². The number of rotatable bonds is 2. The van der Waals surface area contributed by atoms with Gasteiger partial charge in [-0.1, -0.05) is 36.4 Å². The van der Waals surface area contributed by atoms with Crippen molar-refractivity contribution < 1.29 is 14.3 Å². The van der Waals surface area contributed by atoms with Crippen molar-refractivity contribution in [1.29, 1.82) is 0 Å². The molecule has 1 aliphatic carbocycles. The minimum atomic E-state index is -0.283. The van der Waals surface area contributed by atoms with Gasteiger partial charge in [0.25, 0.3) is 0 Å². The molecule has 26 heavy (non-hydrogen) atoms. The van der Waals surface area contributed by atoms with Crippen LogP contribution in [0.15, 0.2) is 54.6 Å². The second-order valence-corrected chi connectivity index (χ2v) is 6.11. The van der Waals surface area contributed by atoms with Crippen LogP contribution in [0.1, 0.15) is 31.8 Å². The van der Waals surface area contributed by atoms with Crippen molar-refractivity contribution in [3.05, 3.63) is 76.9 Å². The Hall–Kier alpha value is -3.60. The van der Waals surface area contributed by atoms with Gasteiger partial charge in [0.05, 0.1) is 23.9 Å². The van der Waals surface area contributed by atoms with E-state index in [1.165, 1.54) is 0 Å². The first-order valence-electron chi connectivity index (χ1n) is 8.07. The van der Waals surface area contributed by atoms with Crippen molar-refractivity contribution in [3.63, 3.8) is 0 Å². The molecule has 0 aliphatic heterocycles. The molecule has 3 aromatic carbocycles. The van der Waals surface area contributed by atoms with Crippen molar-refractivity contribution in [3.8, 4) is 16.9 Å². The van der Waals surface area contributed by atoms with Crippen LogP contribution in [-0.2, 0) is 0 Å². The molecule has 0 bridgehead atoms. The lowest BCUT2D eigenvalue weighted by molar-refractivity contribution is 0.0980. The lowest BCUT2D eigenvalue weighted by Crippen LogP contribution is -2.24. The number of ether oxygens (including phenoxy) is 1. The maximum Gasteiger partial charge on any atom is 0.196 e. The largest absolute Gasteiger partial charge is 0.497 e. The van der Waals surface area contributed by atoms with Gasteiger partial charge in [0, 0.05) is 22.4 Å². The molecule has 5 nitrogen and oxygen atoms in total. The molecule has 0 aromatic heterocycles. The van der Waals surface area contributed by atoms with Crippen LogP contribution in [-0.4, -0.2) is 18.7 Å². The third-order valence-corrected chi connectivity index (χ3v) is 4.67. The first-order valence-corrected chi connectivity index (χ1v) is 8.07. The van der Waals surface area contributed by atoms with Crippen LogP contribution in [0.5, 0.6) is 5.75 Å². The van der Waals surface area contributed by atoms with Gasteiger partial charge in [-0.2, -0.15) is 0 Å². The number of carbonyl (C=O) groups is 2. The molecule has 0 radical (unpaired) electrons. The predicted octanol–water partition coefficient (Wildman–Crippen LogP) is 3.30. The molecule has 0 heterocycles. The third-order valence-electron chi connectivity index (χ3n) is 4.67.